The zero-order valence-corrected chi connectivity index (χ0v) is 13.3. The molecule has 5 nitrogen and oxygen atoms in total. The van der Waals surface area contributed by atoms with Crippen LogP contribution in [0.5, 0.6) is 0 Å². The van der Waals surface area contributed by atoms with E-state index in [0.717, 1.165) is 21.3 Å². The van der Waals surface area contributed by atoms with E-state index >= 15 is 0 Å². The molecule has 0 spiro atoms. The number of rotatable bonds is 4. The van der Waals surface area contributed by atoms with E-state index in [9.17, 15) is 4.79 Å². The van der Waals surface area contributed by atoms with Gasteiger partial charge in [-0.2, -0.15) is 5.10 Å². The molecule has 1 N–H and O–H groups in total. The molecular formula is C14H14N4OS2. The summed E-state index contributed by atoms with van der Waals surface area (Å²) in [6.07, 6.45) is 0. The topological polar surface area (TPSA) is 61.9 Å². The highest BCUT2D eigenvalue weighted by Gasteiger charge is 2.16. The summed E-state index contributed by atoms with van der Waals surface area (Å²) in [5, 5.41) is 12.0. The summed E-state index contributed by atoms with van der Waals surface area (Å²) in [4.78, 5) is 19.2. The van der Waals surface area contributed by atoms with Crippen LogP contribution in [0.1, 0.15) is 21.2 Å². The van der Waals surface area contributed by atoms with E-state index in [4.69, 9.17) is 0 Å². The maximum atomic E-state index is 12.2. The number of H-pyrrole nitrogens is 1. The van der Waals surface area contributed by atoms with Crippen LogP contribution in [0.15, 0.2) is 29.0 Å². The zero-order valence-electron chi connectivity index (χ0n) is 11.7. The summed E-state index contributed by atoms with van der Waals surface area (Å²) in [6, 6.07) is 5.99. The predicted molar refractivity (Wildman–Crippen MR) is 84.5 cm³/mol. The second kappa shape index (κ2) is 5.79. The summed E-state index contributed by atoms with van der Waals surface area (Å²) >= 11 is 3.12. The Morgan fingerprint density at radius 1 is 1.43 bits per heavy atom. The van der Waals surface area contributed by atoms with Crippen LogP contribution in [0.3, 0.4) is 0 Å². The summed E-state index contributed by atoms with van der Waals surface area (Å²) in [7, 11) is 1.77. The predicted octanol–water partition coefficient (Wildman–Crippen LogP) is 3.18. The number of aromatic amines is 1. The molecule has 0 fully saturated rings. The van der Waals surface area contributed by atoms with Crippen molar-refractivity contribution in [1.29, 1.82) is 0 Å². The van der Waals surface area contributed by atoms with Gasteiger partial charge in [-0.05, 0) is 24.4 Å². The molecule has 21 heavy (non-hydrogen) atoms. The first kappa shape index (κ1) is 14.0. The Hall–Kier alpha value is -1.99. The number of nitrogens with one attached hydrogen (secondary N) is 1. The molecule has 0 radical (unpaired) electrons. The Morgan fingerprint density at radius 3 is 2.95 bits per heavy atom. The largest absolute Gasteiger partial charge is 0.334 e. The number of hydrogen-bond donors (Lipinski definition) is 1. The fourth-order valence-electron chi connectivity index (χ4n) is 1.98. The number of thiophene rings is 1. The number of nitrogens with zero attached hydrogens (tertiary/aromatic N) is 3. The number of amides is 1. The maximum absolute atomic E-state index is 12.2. The monoisotopic (exact) mass is 318 g/mol. The average molecular weight is 318 g/mol. The van der Waals surface area contributed by atoms with E-state index in [1.807, 2.05) is 30.5 Å². The van der Waals surface area contributed by atoms with Gasteiger partial charge in [0.2, 0.25) is 0 Å². The first-order valence-electron chi connectivity index (χ1n) is 6.39. The highest BCUT2D eigenvalue weighted by atomic mass is 32.1. The fraction of sp³-hybridized carbons (Fsp3) is 0.214. The molecule has 7 heteroatoms. The van der Waals surface area contributed by atoms with Crippen LogP contribution in [-0.2, 0) is 6.54 Å². The van der Waals surface area contributed by atoms with Crippen molar-refractivity contribution in [2.24, 2.45) is 0 Å². The van der Waals surface area contributed by atoms with E-state index in [0.29, 0.717) is 12.2 Å². The second-order valence-electron chi connectivity index (χ2n) is 4.67. The molecule has 108 valence electrons. The van der Waals surface area contributed by atoms with E-state index in [2.05, 4.69) is 15.2 Å². The van der Waals surface area contributed by atoms with Crippen molar-refractivity contribution in [3.8, 4) is 10.6 Å². The molecule has 3 aromatic heterocycles. The van der Waals surface area contributed by atoms with Crippen molar-refractivity contribution in [2.45, 2.75) is 13.5 Å². The first-order chi connectivity index (χ1) is 10.1. The Balaban J connectivity index is 1.70. The van der Waals surface area contributed by atoms with Crippen LogP contribution in [0.25, 0.3) is 10.6 Å². The molecule has 0 atom stereocenters. The van der Waals surface area contributed by atoms with Gasteiger partial charge in [0.05, 0.1) is 22.1 Å². The minimum Gasteiger partial charge on any atom is -0.334 e. The molecule has 3 aromatic rings. The number of aryl methyl sites for hydroxylation is 1. The number of aromatic nitrogens is 3. The summed E-state index contributed by atoms with van der Waals surface area (Å²) in [5.74, 6) is -0.0772. The number of carbonyl (C=O) groups is 1. The molecule has 0 saturated heterocycles. The second-order valence-corrected chi connectivity index (χ2v) is 6.68. The lowest BCUT2D eigenvalue weighted by atomic mass is 10.3. The van der Waals surface area contributed by atoms with Crippen molar-refractivity contribution in [3.05, 3.63) is 45.4 Å². The third-order valence-corrected chi connectivity index (χ3v) is 4.66. The van der Waals surface area contributed by atoms with Gasteiger partial charge in [-0.15, -0.1) is 22.7 Å². The van der Waals surface area contributed by atoms with E-state index in [1.54, 1.807) is 28.7 Å². The molecule has 3 rings (SSSR count). The molecule has 0 aliphatic carbocycles. The van der Waals surface area contributed by atoms with Gasteiger partial charge in [0.1, 0.15) is 11.4 Å². The summed E-state index contributed by atoms with van der Waals surface area (Å²) in [6.45, 7) is 2.37. The van der Waals surface area contributed by atoms with Crippen LogP contribution in [0.2, 0.25) is 0 Å². The summed E-state index contributed by atoms with van der Waals surface area (Å²) < 4.78 is 0. The molecule has 0 bridgehead atoms. The Kier molecular flexibility index (Phi) is 3.85. The Bertz CT molecular complexity index is 745. The molecular weight excluding hydrogens is 304 g/mol. The Labute approximate surface area is 130 Å². The fourth-order valence-corrected chi connectivity index (χ4v) is 3.25. The van der Waals surface area contributed by atoms with E-state index in [-0.39, 0.29) is 5.91 Å². The lowest BCUT2D eigenvalue weighted by molar-refractivity contribution is 0.0778. The molecule has 3 heterocycles. The van der Waals surface area contributed by atoms with Crippen molar-refractivity contribution >= 4 is 28.6 Å². The highest BCUT2D eigenvalue weighted by molar-refractivity contribution is 7.13. The van der Waals surface area contributed by atoms with Crippen LogP contribution >= 0.6 is 22.7 Å². The van der Waals surface area contributed by atoms with Gasteiger partial charge >= 0.3 is 0 Å². The van der Waals surface area contributed by atoms with Crippen molar-refractivity contribution in [2.75, 3.05) is 7.05 Å². The van der Waals surface area contributed by atoms with Gasteiger partial charge in [-0.3, -0.25) is 9.89 Å². The van der Waals surface area contributed by atoms with Gasteiger partial charge < -0.3 is 4.90 Å². The number of hydrogen-bond acceptors (Lipinski definition) is 5. The minimum absolute atomic E-state index is 0.0772. The average Bonchev–Trinajstić information content (AvgIpc) is 3.17. The lowest BCUT2D eigenvalue weighted by Gasteiger charge is -2.14. The molecule has 0 aliphatic heterocycles. The molecule has 0 saturated carbocycles. The third-order valence-electron chi connectivity index (χ3n) is 3.00. The van der Waals surface area contributed by atoms with Gasteiger partial charge in [0.25, 0.3) is 5.91 Å². The van der Waals surface area contributed by atoms with Gasteiger partial charge in [0.15, 0.2) is 0 Å². The van der Waals surface area contributed by atoms with E-state index in [1.165, 1.54) is 11.3 Å². The van der Waals surface area contributed by atoms with Crippen molar-refractivity contribution in [1.82, 2.24) is 20.1 Å². The standard InChI is InChI=1S/C14H14N4OS2/c1-9-15-12(8-21-9)14(19)18(2)7-10-6-11(17-16-10)13-4-3-5-20-13/h3-6,8H,7H2,1-2H3,(H,16,17). The smallest absolute Gasteiger partial charge is 0.273 e. The molecule has 1 amide bonds. The van der Waals surface area contributed by atoms with Crippen LogP contribution < -0.4 is 0 Å². The molecule has 0 unspecified atom stereocenters. The van der Waals surface area contributed by atoms with Crippen molar-refractivity contribution in [3.63, 3.8) is 0 Å². The van der Waals surface area contributed by atoms with Crippen LogP contribution in [-0.4, -0.2) is 33.0 Å². The highest BCUT2D eigenvalue weighted by Crippen LogP contribution is 2.23. The zero-order chi connectivity index (χ0) is 14.8. The van der Waals surface area contributed by atoms with Crippen molar-refractivity contribution < 1.29 is 4.79 Å². The third kappa shape index (κ3) is 3.03. The lowest BCUT2D eigenvalue weighted by Crippen LogP contribution is -2.26. The Morgan fingerprint density at radius 2 is 2.29 bits per heavy atom. The normalized spacial score (nSPS) is 10.8. The van der Waals surface area contributed by atoms with Gasteiger partial charge in [0, 0.05) is 12.4 Å². The van der Waals surface area contributed by atoms with Gasteiger partial charge in [-0.1, -0.05) is 6.07 Å². The molecule has 0 aliphatic rings. The first-order valence-corrected chi connectivity index (χ1v) is 8.15. The quantitative estimate of drug-likeness (QED) is 0.803. The SMILES string of the molecule is Cc1nc(C(=O)N(C)Cc2cc(-c3cccs3)n[nH]2)cs1. The molecule has 0 aromatic carbocycles. The van der Waals surface area contributed by atoms with Crippen LogP contribution in [0.4, 0.5) is 0 Å². The maximum Gasteiger partial charge on any atom is 0.273 e. The van der Waals surface area contributed by atoms with Crippen LogP contribution in [0, 0.1) is 6.92 Å². The number of thiazole rings is 1. The summed E-state index contributed by atoms with van der Waals surface area (Å²) in [5.41, 5.74) is 2.31. The van der Waals surface area contributed by atoms with Gasteiger partial charge in [-0.25, -0.2) is 4.98 Å². The van der Waals surface area contributed by atoms with E-state index < -0.39 is 0 Å². The number of carbonyl (C=O) groups excluding carboxylic acids is 1. The minimum atomic E-state index is -0.0772.